The fraction of sp³-hybridized carbons (Fsp3) is 0.750. The summed E-state index contributed by atoms with van der Waals surface area (Å²) >= 11 is 3.77. The summed E-state index contributed by atoms with van der Waals surface area (Å²) in [5.74, 6) is -0.687. The van der Waals surface area contributed by atoms with Crippen molar-refractivity contribution in [1.82, 2.24) is 0 Å². The van der Waals surface area contributed by atoms with Gasteiger partial charge in [0.25, 0.3) is 0 Å². The van der Waals surface area contributed by atoms with Gasteiger partial charge in [-0.15, -0.1) is 0 Å². The number of rotatable bonds is 2. The molecule has 42 valence electrons. The molecule has 0 aromatic rings. The van der Waals surface area contributed by atoms with Gasteiger partial charge in [-0.2, -0.15) is 12.6 Å². The minimum Gasteiger partial charge on any atom is -0.481 e. The molecule has 0 spiro atoms. The van der Waals surface area contributed by atoms with Gasteiger partial charge in [0.05, 0.1) is 5.92 Å². The molecule has 2 nitrogen and oxygen atoms in total. The number of thiol groups is 1. The van der Waals surface area contributed by atoms with Crippen LogP contribution in [-0.2, 0) is 4.79 Å². The van der Waals surface area contributed by atoms with Crippen molar-refractivity contribution in [3.8, 4) is 0 Å². The van der Waals surface area contributed by atoms with Gasteiger partial charge in [-0.1, -0.05) is 6.92 Å². The third-order valence-corrected chi connectivity index (χ3v) is 1.24. The lowest BCUT2D eigenvalue weighted by Gasteiger charge is -1.95. The smallest absolute Gasteiger partial charge is 0.307 e. The Labute approximate surface area is 47.9 Å². The second-order valence-corrected chi connectivity index (χ2v) is 1.79. The predicted molar refractivity (Wildman–Crippen MR) is 30.7 cm³/mol. The molecule has 1 N–H and O–H groups in total. The van der Waals surface area contributed by atoms with Crippen molar-refractivity contribution in [1.29, 1.82) is 0 Å². The average molecular weight is 120 g/mol. The molecule has 3 heteroatoms. The van der Waals surface area contributed by atoms with Crippen LogP contribution in [0.4, 0.5) is 0 Å². The summed E-state index contributed by atoms with van der Waals surface area (Å²) in [4.78, 5) is 9.88. The minimum atomic E-state index is -0.782. The minimum absolute atomic E-state index is 0.316. The number of carboxylic acid groups (broad SMARTS) is 1. The predicted octanol–water partition coefficient (Wildman–Crippen LogP) is 0.637. The van der Waals surface area contributed by atoms with E-state index in [2.05, 4.69) is 12.6 Å². The molecule has 0 fully saturated rings. The van der Waals surface area contributed by atoms with E-state index in [1.165, 1.54) is 0 Å². The molecule has 0 aromatic heterocycles. The monoisotopic (exact) mass is 120 g/mol. The summed E-state index contributed by atoms with van der Waals surface area (Å²) in [6.45, 7) is 1.62. The van der Waals surface area contributed by atoms with Gasteiger partial charge in [0.15, 0.2) is 0 Å². The van der Waals surface area contributed by atoms with Gasteiger partial charge in [-0.25, -0.2) is 0 Å². The summed E-state index contributed by atoms with van der Waals surface area (Å²) in [5, 5.41) is 8.13. The van der Waals surface area contributed by atoms with Crippen LogP contribution in [0.1, 0.15) is 6.92 Å². The Balaban J connectivity index is 3.34. The number of carboxylic acids is 1. The highest BCUT2D eigenvalue weighted by atomic mass is 32.1. The third-order valence-electron chi connectivity index (χ3n) is 0.695. The normalized spacial score (nSPS) is 13.4. The Kier molecular flexibility index (Phi) is 2.83. The molecule has 0 amide bonds. The van der Waals surface area contributed by atoms with Crippen molar-refractivity contribution < 1.29 is 9.90 Å². The quantitative estimate of drug-likeness (QED) is 0.525. The molecule has 0 radical (unpaired) electrons. The van der Waals surface area contributed by atoms with E-state index in [1.807, 2.05) is 0 Å². The topological polar surface area (TPSA) is 37.3 Å². The fourth-order valence-corrected chi connectivity index (χ4v) is 0.234. The van der Waals surface area contributed by atoms with Crippen LogP contribution in [0.5, 0.6) is 0 Å². The second kappa shape index (κ2) is 2.91. The Morgan fingerprint density at radius 1 is 2.00 bits per heavy atom. The largest absolute Gasteiger partial charge is 0.481 e. The molecule has 0 rings (SSSR count). The molecule has 0 bridgehead atoms. The zero-order chi connectivity index (χ0) is 5.86. The lowest BCUT2D eigenvalue weighted by molar-refractivity contribution is -0.140. The average Bonchev–Trinajstić information content (AvgIpc) is 1.65. The van der Waals surface area contributed by atoms with Crippen LogP contribution in [0.2, 0.25) is 0 Å². The van der Waals surface area contributed by atoms with Crippen molar-refractivity contribution in [2.75, 3.05) is 5.75 Å². The maximum absolute atomic E-state index is 9.88. The van der Waals surface area contributed by atoms with Gasteiger partial charge in [-0.3, -0.25) is 4.79 Å². The van der Waals surface area contributed by atoms with Crippen LogP contribution < -0.4 is 0 Å². The lowest BCUT2D eigenvalue weighted by atomic mass is 10.2. The number of carbonyl (C=O) groups is 1. The molecule has 7 heavy (non-hydrogen) atoms. The highest BCUT2D eigenvalue weighted by Crippen LogP contribution is 1.94. The van der Waals surface area contributed by atoms with E-state index in [4.69, 9.17) is 5.11 Å². The van der Waals surface area contributed by atoms with E-state index in [0.717, 1.165) is 0 Å². The lowest BCUT2D eigenvalue weighted by Crippen LogP contribution is -2.09. The molecule has 0 aliphatic rings. The summed E-state index contributed by atoms with van der Waals surface area (Å²) in [6.07, 6.45) is 0. The molecular weight excluding hydrogens is 112 g/mol. The van der Waals surface area contributed by atoms with Gasteiger partial charge in [0.1, 0.15) is 0 Å². The van der Waals surface area contributed by atoms with Gasteiger partial charge in [-0.05, 0) is 0 Å². The molecule has 0 saturated heterocycles. The van der Waals surface area contributed by atoms with Crippen LogP contribution in [0.25, 0.3) is 0 Å². The molecule has 0 aromatic carbocycles. The Bertz CT molecular complexity index is 72.1. The van der Waals surface area contributed by atoms with Crippen LogP contribution in [-0.4, -0.2) is 16.8 Å². The van der Waals surface area contributed by atoms with E-state index >= 15 is 0 Å². The van der Waals surface area contributed by atoms with Crippen LogP contribution >= 0.6 is 12.6 Å². The van der Waals surface area contributed by atoms with Gasteiger partial charge >= 0.3 is 5.97 Å². The summed E-state index contributed by atoms with van der Waals surface area (Å²) in [7, 11) is 0. The van der Waals surface area contributed by atoms with Gasteiger partial charge in [0, 0.05) is 5.75 Å². The molecule has 0 heterocycles. The van der Waals surface area contributed by atoms with E-state index in [9.17, 15) is 4.79 Å². The van der Waals surface area contributed by atoms with Crippen molar-refractivity contribution in [2.45, 2.75) is 6.92 Å². The number of aliphatic carboxylic acids is 1. The summed E-state index contributed by atoms with van der Waals surface area (Å²) in [6, 6.07) is 0. The van der Waals surface area contributed by atoms with Crippen LogP contribution in [0.15, 0.2) is 0 Å². The fourth-order valence-electron chi connectivity index (χ4n) is 0.0781. The molecule has 1 unspecified atom stereocenters. The van der Waals surface area contributed by atoms with Gasteiger partial charge < -0.3 is 5.11 Å². The maximum Gasteiger partial charge on any atom is 0.307 e. The first-order valence-electron chi connectivity index (χ1n) is 2.02. The van der Waals surface area contributed by atoms with E-state index in [-0.39, 0.29) is 5.92 Å². The van der Waals surface area contributed by atoms with E-state index in [1.54, 1.807) is 6.92 Å². The van der Waals surface area contributed by atoms with Crippen molar-refractivity contribution in [3.05, 3.63) is 0 Å². The number of hydrogen-bond acceptors (Lipinski definition) is 2. The van der Waals surface area contributed by atoms with Gasteiger partial charge in [0.2, 0.25) is 0 Å². The van der Waals surface area contributed by atoms with Crippen LogP contribution in [0.3, 0.4) is 0 Å². The van der Waals surface area contributed by atoms with Crippen molar-refractivity contribution in [3.63, 3.8) is 0 Å². The summed E-state index contributed by atoms with van der Waals surface area (Å²) in [5.41, 5.74) is 0. The maximum atomic E-state index is 9.88. The Hall–Kier alpha value is -0.180. The standard InChI is InChI=1S/C4H8O2S/c1-3(2-7)4(5)6/h3,7H,2H2,1H3,(H,5,6). The molecule has 0 saturated carbocycles. The first-order chi connectivity index (χ1) is 3.18. The van der Waals surface area contributed by atoms with E-state index < -0.39 is 5.97 Å². The first kappa shape index (κ1) is 6.82. The van der Waals surface area contributed by atoms with Crippen LogP contribution in [0, 0.1) is 5.92 Å². The highest BCUT2D eigenvalue weighted by Gasteiger charge is 2.05. The van der Waals surface area contributed by atoms with Crippen molar-refractivity contribution in [2.24, 2.45) is 5.92 Å². The highest BCUT2D eigenvalue weighted by molar-refractivity contribution is 7.80. The first-order valence-corrected chi connectivity index (χ1v) is 2.65. The molecular formula is C4H8O2S. The Morgan fingerprint density at radius 2 is 2.43 bits per heavy atom. The number of hydrogen-bond donors (Lipinski definition) is 2. The molecule has 0 aliphatic carbocycles. The molecule has 0 aliphatic heterocycles. The van der Waals surface area contributed by atoms with E-state index in [0.29, 0.717) is 5.75 Å². The molecule has 1 atom stereocenters. The zero-order valence-electron chi connectivity index (χ0n) is 4.09. The second-order valence-electron chi connectivity index (χ2n) is 1.42. The Morgan fingerprint density at radius 3 is 2.43 bits per heavy atom. The third kappa shape index (κ3) is 2.51. The van der Waals surface area contributed by atoms with Crippen molar-refractivity contribution >= 4 is 18.6 Å². The summed E-state index contributed by atoms with van der Waals surface area (Å²) < 4.78 is 0. The zero-order valence-corrected chi connectivity index (χ0v) is 4.98. The SMILES string of the molecule is CC(CS)C(=O)O.